The van der Waals surface area contributed by atoms with Crippen LogP contribution < -0.4 is 4.74 Å². The van der Waals surface area contributed by atoms with Gasteiger partial charge < -0.3 is 9.30 Å². The lowest BCUT2D eigenvalue weighted by Gasteiger charge is -2.13. The molecule has 176 valence electrons. The average Bonchev–Trinajstić information content (AvgIpc) is 3.57. The van der Waals surface area contributed by atoms with E-state index in [0.29, 0.717) is 29.4 Å². The first-order chi connectivity index (χ1) is 17.1. The number of Topliss-reactive ketones (excluding diaryl/α,β-unsaturated/α-hetero) is 2. The van der Waals surface area contributed by atoms with E-state index in [1.54, 1.807) is 18.2 Å². The van der Waals surface area contributed by atoms with Crippen molar-refractivity contribution in [1.29, 1.82) is 0 Å². The highest BCUT2D eigenvalue weighted by atomic mass is 16.5. The van der Waals surface area contributed by atoms with Gasteiger partial charge in [-0.25, -0.2) is 0 Å². The lowest BCUT2D eigenvalue weighted by atomic mass is 9.93. The molecular weight excluding hydrogens is 434 g/mol. The number of ketones is 2. The minimum Gasteiger partial charge on any atom is -0.489 e. The second-order valence-electron chi connectivity index (χ2n) is 10.0. The molecule has 35 heavy (non-hydrogen) atoms. The van der Waals surface area contributed by atoms with E-state index in [0.717, 1.165) is 23.2 Å². The number of ether oxygens (including phenoxy) is 1. The first kappa shape index (κ1) is 21.8. The second kappa shape index (κ2) is 8.84. The monoisotopic (exact) mass is 463 g/mol. The van der Waals surface area contributed by atoms with Crippen LogP contribution in [-0.2, 0) is 13.2 Å². The van der Waals surface area contributed by atoms with Crippen LogP contribution >= 0.6 is 0 Å². The number of rotatable bonds is 6. The average molecular weight is 464 g/mol. The first-order valence-corrected chi connectivity index (χ1v) is 12.6. The van der Waals surface area contributed by atoms with Crippen molar-refractivity contribution >= 4 is 22.5 Å². The van der Waals surface area contributed by atoms with E-state index >= 15 is 0 Å². The second-order valence-corrected chi connectivity index (χ2v) is 10.0. The molecule has 0 N–H and O–H groups in total. The van der Waals surface area contributed by atoms with Gasteiger partial charge in [0.05, 0.1) is 0 Å². The highest BCUT2D eigenvalue weighted by Gasteiger charge is 2.40. The minimum absolute atomic E-state index is 0.121. The van der Waals surface area contributed by atoms with E-state index in [1.807, 2.05) is 36.4 Å². The van der Waals surface area contributed by atoms with Crippen molar-refractivity contribution in [3.05, 3.63) is 101 Å². The van der Waals surface area contributed by atoms with Gasteiger partial charge in [0.15, 0.2) is 11.6 Å². The summed E-state index contributed by atoms with van der Waals surface area (Å²) in [6.45, 7) is 3.55. The van der Waals surface area contributed by atoms with Crippen LogP contribution in [0.2, 0.25) is 0 Å². The third kappa shape index (κ3) is 3.97. The molecule has 0 amide bonds. The van der Waals surface area contributed by atoms with E-state index in [4.69, 9.17) is 4.74 Å². The molecule has 2 aliphatic rings. The molecule has 0 radical (unpaired) electrons. The Kier molecular flexibility index (Phi) is 5.52. The molecule has 4 aromatic rings. The number of fused-ring (bicyclic) bond motifs is 2. The fourth-order valence-corrected chi connectivity index (χ4v) is 5.80. The van der Waals surface area contributed by atoms with Gasteiger partial charge in [-0.05, 0) is 66.6 Å². The van der Waals surface area contributed by atoms with Gasteiger partial charge in [0.25, 0.3) is 0 Å². The predicted molar refractivity (Wildman–Crippen MR) is 137 cm³/mol. The maximum atomic E-state index is 13.5. The summed E-state index contributed by atoms with van der Waals surface area (Å²) in [5.41, 5.74) is 5.14. The summed E-state index contributed by atoms with van der Waals surface area (Å²) < 4.78 is 8.24. The number of aromatic nitrogens is 1. The van der Waals surface area contributed by atoms with Gasteiger partial charge in [-0.2, -0.15) is 0 Å². The number of benzene rings is 3. The van der Waals surface area contributed by atoms with E-state index in [2.05, 4.69) is 29.8 Å². The lowest BCUT2D eigenvalue weighted by molar-refractivity contribution is 0.0890. The van der Waals surface area contributed by atoms with Crippen molar-refractivity contribution in [3.63, 3.8) is 0 Å². The molecule has 4 nitrogen and oxygen atoms in total. The molecule has 1 atom stereocenters. The van der Waals surface area contributed by atoms with Crippen molar-refractivity contribution in [2.75, 3.05) is 0 Å². The van der Waals surface area contributed by atoms with E-state index < -0.39 is 5.92 Å². The Balaban J connectivity index is 1.28. The van der Waals surface area contributed by atoms with Crippen LogP contribution in [0.1, 0.15) is 69.0 Å². The molecule has 0 bridgehead atoms. The van der Waals surface area contributed by atoms with Gasteiger partial charge >= 0.3 is 0 Å². The Morgan fingerprint density at radius 2 is 1.66 bits per heavy atom. The van der Waals surface area contributed by atoms with Crippen molar-refractivity contribution in [2.24, 2.45) is 5.92 Å². The molecule has 1 fully saturated rings. The Hall–Kier alpha value is -3.66. The van der Waals surface area contributed by atoms with Gasteiger partial charge in [0.2, 0.25) is 0 Å². The van der Waals surface area contributed by atoms with Crippen molar-refractivity contribution < 1.29 is 14.3 Å². The number of hydrogen-bond donors (Lipinski definition) is 0. The number of aryl methyl sites for hydroxylation is 1. The number of hydrogen-bond acceptors (Lipinski definition) is 3. The molecule has 1 saturated carbocycles. The SMILES string of the molecule is Cc1cn(CC2CCCC2)c2cc(C3C(=O)c4ccc(OCc5ccccc5)cc4C3=O)ccc12. The summed E-state index contributed by atoms with van der Waals surface area (Å²) in [4.78, 5) is 26.8. The highest BCUT2D eigenvalue weighted by molar-refractivity contribution is 6.30. The third-order valence-electron chi connectivity index (χ3n) is 7.66. The first-order valence-electron chi connectivity index (χ1n) is 12.6. The normalized spacial score (nSPS) is 17.9. The van der Waals surface area contributed by atoms with Crippen molar-refractivity contribution in [2.45, 2.75) is 51.7 Å². The molecule has 1 aromatic heterocycles. The molecule has 1 unspecified atom stereocenters. The quantitative estimate of drug-likeness (QED) is 0.293. The van der Waals surface area contributed by atoms with E-state index in [-0.39, 0.29) is 11.6 Å². The molecule has 3 aromatic carbocycles. The summed E-state index contributed by atoms with van der Waals surface area (Å²) in [6.07, 6.45) is 7.41. The molecular formula is C31H29NO3. The van der Waals surface area contributed by atoms with Crippen molar-refractivity contribution in [1.82, 2.24) is 4.57 Å². The lowest BCUT2D eigenvalue weighted by Crippen LogP contribution is -2.13. The minimum atomic E-state index is -0.783. The molecule has 0 spiro atoms. The molecule has 6 rings (SSSR count). The topological polar surface area (TPSA) is 48.3 Å². The largest absolute Gasteiger partial charge is 0.489 e. The number of carbonyl (C=O) groups excluding carboxylic acids is 2. The van der Waals surface area contributed by atoms with Gasteiger partial charge in [-0.3, -0.25) is 9.59 Å². The summed E-state index contributed by atoms with van der Waals surface area (Å²) in [7, 11) is 0. The van der Waals surface area contributed by atoms with Crippen LogP contribution in [0, 0.1) is 12.8 Å². The Bertz CT molecular complexity index is 1430. The van der Waals surface area contributed by atoms with Gasteiger partial charge in [0.1, 0.15) is 18.3 Å². The van der Waals surface area contributed by atoms with Crippen LogP contribution in [-0.4, -0.2) is 16.1 Å². The van der Waals surface area contributed by atoms with Crippen LogP contribution in [0.4, 0.5) is 0 Å². The maximum Gasteiger partial charge on any atom is 0.178 e. The summed E-state index contributed by atoms with van der Waals surface area (Å²) in [5.74, 6) is 0.270. The van der Waals surface area contributed by atoms with E-state index in [1.165, 1.54) is 36.6 Å². The fourth-order valence-electron chi connectivity index (χ4n) is 5.80. The highest BCUT2D eigenvalue weighted by Crippen LogP contribution is 2.38. The van der Waals surface area contributed by atoms with Gasteiger partial charge in [0, 0.05) is 34.8 Å². The Labute approximate surface area is 205 Å². The molecule has 2 aliphatic carbocycles. The van der Waals surface area contributed by atoms with E-state index in [9.17, 15) is 9.59 Å². The van der Waals surface area contributed by atoms with Crippen LogP contribution in [0.15, 0.2) is 72.9 Å². The summed E-state index contributed by atoms with van der Waals surface area (Å²) in [6, 6.07) is 21.2. The summed E-state index contributed by atoms with van der Waals surface area (Å²) in [5, 5.41) is 1.19. The predicted octanol–water partition coefficient (Wildman–Crippen LogP) is 6.88. The van der Waals surface area contributed by atoms with Crippen LogP contribution in [0.3, 0.4) is 0 Å². The molecule has 0 saturated heterocycles. The summed E-state index contributed by atoms with van der Waals surface area (Å²) >= 11 is 0. The Morgan fingerprint density at radius 3 is 2.46 bits per heavy atom. The maximum absolute atomic E-state index is 13.5. The third-order valence-corrected chi connectivity index (χ3v) is 7.66. The van der Waals surface area contributed by atoms with Gasteiger partial charge in [-0.1, -0.05) is 55.3 Å². The molecule has 0 aliphatic heterocycles. The standard InChI is InChI=1S/C31H29NO3/c1-20-17-32(18-21-7-5-6-8-21)28-15-23(11-13-25(20)28)29-30(33)26-14-12-24(16-27(26)31(29)34)35-19-22-9-3-2-4-10-22/h2-4,9-17,21,29H,5-8,18-19H2,1H3. The zero-order valence-corrected chi connectivity index (χ0v) is 20.0. The number of carbonyl (C=O) groups is 2. The number of nitrogens with zero attached hydrogens (tertiary/aromatic N) is 1. The van der Waals surface area contributed by atoms with Crippen LogP contribution in [0.25, 0.3) is 10.9 Å². The van der Waals surface area contributed by atoms with Gasteiger partial charge in [-0.15, -0.1) is 0 Å². The molecule has 1 heterocycles. The fraction of sp³-hybridized carbons (Fsp3) is 0.290. The van der Waals surface area contributed by atoms with Crippen molar-refractivity contribution in [3.8, 4) is 5.75 Å². The smallest absolute Gasteiger partial charge is 0.178 e. The zero-order chi connectivity index (χ0) is 23.9. The molecule has 4 heteroatoms. The Morgan fingerprint density at radius 1 is 0.886 bits per heavy atom. The van der Waals surface area contributed by atoms with Crippen LogP contribution in [0.5, 0.6) is 5.75 Å². The zero-order valence-electron chi connectivity index (χ0n) is 20.0.